The van der Waals surface area contributed by atoms with Crippen LogP contribution in [0.3, 0.4) is 0 Å². The number of amides is 1. The molecule has 0 saturated heterocycles. The summed E-state index contributed by atoms with van der Waals surface area (Å²) in [5, 5.41) is 1.49. The minimum atomic E-state index is -3.50. The average molecular weight is 579 g/mol. The molecule has 4 rings (SSSR count). The summed E-state index contributed by atoms with van der Waals surface area (Å²) in [6.07, 6.45) is 1.05. The van der Waals surface area contributed by atoms with Crippen LogP contribution in [-0.2, 0) is 19.1 Å². The van der Waals surface area contributed by atoms with E-state index in [0.29, 0.717) is 21.7 Å². The number of methoxy groups -OCH3 is 2. The Bertz CT molecular complexity index is 1650. The van der Waals surface area contributed by atoms with E-state index >= 15 is 0 Å². The van der Waals surface area contributed by atoms with Crippen molar-refractivity contribution in [2.75, 3.05) is 14.2 Å². The first-order valence-corrected chi connectivity index (χ1v) is 14.8. The second kappa shape index (κ2) is 13.6. The highest BCUT2D eigenvalue weighted by Crippen LogP contribution is 2.60. The number of carbonyl (C=O) groups excluding carboxylic acids is 3. The van der Waals surface area contributed by atoms with E-state index in [0.717, 1.165) is 11.6 Å². The second-order valence-corrected chi connectivity index (χ2v) is 12.2. The highest BCUT2D eigenvalue weighted by Gasteiger charge is 2.38. The Kier molecular flexibility index (Phi) is 9.69. The summed E-state index contributed by atoms with van der Waals surface area (Å²) in [5.41, 5.74) is 8.96. The van der Waals surface area contributed by atoms with Crippen LogP contribution in [0.2, 0.25) is 0 Å². The number of nitrogens with zero attached hydrogens (tertiary/aromatic N) is 1. The number of hydrogen-bond acceptors (Lipinski definition) is 6. The van der Waals surface area contributed by atoms with Gasteiger partial charge in [-0.2, -0.15) is 0 Å². The van der Waals surface area contributed by atoms with E-state index in [-0.39, 0.29) is 16.6 Å². The van der Waals surface area contributed by atoms with Crippen molar-refractivity contribution in [1.29, 1.82) is 0 Å². The van der Waals surface area contributed by atoms with Crippen LogP contribution in [0.25, 0.3) is 5.70 Å². The van der Waals surface area contributed by atoms with Gasteiger partial charge in [-0.15, -0.1) is 0 Å². The molecule has 0 atom stereocenters. The molecule has 0 unspecified atom stereocenters. The van der Waals surface area contributed by atoms with E-state index in [4.69, 9.17) is 20.0 Å². The van der Waals surface area contributed by atoms with Crippen LogP contribution >= 0.6 is 7.05 Å². The lowest BCUT2D eigenvalue weighted by atomic mass is 10.1. The first kappa shape index (κ1) is 30.0. The molecular formula is C34H31N2O5P. The number of benzene rings is 4. The zero-order valence-corrected chi connectivity index (χ0v) is 24.5. The molecule has 0 aliphatic carbocycles. The van der Waals surface area contributed by atoms with Crippen molar-refractivity contribution in [3.8, 4) is 0 Å². The van der Waals surface area contributed by atoms with E-state index in [1.165, 1.54) is 14.2 Å². The Morgan fingerprint density at radius 1 is 0.690 bits per heavy atom. The van der Waals surface area contributed by atoms with Crippen LogP contribution in [-0.4, -0.2) is 32.1 Å². The molecule has 42 heavy (non-hydrogen) atoms. The van der Waals surface area contributed by atoms with Gasteiger partial charge in [0.05, 0.1) is 26.8 Å². The fourth-order valence-corrected chi connectivity index (χ4v) is 8.23. The molecule has 1 amide bonds. The van der Waals surface area contributed by atoms with E-state index < -0.39 is 24.9 Å². The summed E-state index contributed by atoms with van der Waals surface area (Å²) in [6.45, 7) is 1.95. The molecule has 212 valence electrons. The van der Waals surface area contributed by atoms with Crippen molar-refractivity contribution in [2.24, 2.45) is 10.5 Å². The molecule has 0 fully saturated rings. The Balaban J connectivity index is 2.30. The molecule has 0 saturated carbocycles. The van der Waals surface area contributed by atoms with Gasteiger partial charge in [0.2, 0.25) is 0 Å². The monoisotopic (exact) mass is 578 g/mol. The molecular weight excluding hydrogens is 547 g/mol. The lowest BCUT2D eigenvalue weighted by Gasteiger charge is -2.31. The topological polar surface area (TPSA) is 108 Å². The quantitative estimate of drug-likeness (QED) is 0.126. The van der Waals surface area contributed by atoms with Gasteiger partial charge in [0.15, 0.2) is 0 Å². The summed E-state index contributed by atoms with van der Waals surface area (Å²) < 4.78 is 15.1. The summed E-state index contributed by atoms with van der Waals surface area (Å²) in [4.78, 5) is 40.3. The maximum absolute atomic E-state index is 14.0. The molecule has 0 aromatic heterocycles. The molecule has 4 aromatic carbocycles. The molecule has 0 aliphatic rings. The summed E-state index contributed by atoms with van der Waals surface area (Å²) in [6, 6.07) is 34.5. The van der Waals surface area contributed by atoms with Crippen LogP contribution in [0.15, 0.2) is 137 Å². The lowest BCUT2D eigenvalue weighted by Crippen LogP contribution is -2.25. The third-order valence-corrected chi connectivity index (χ3v) is 10.3. The molecule has 8 heteroatoms. The van der Waals surface area contributed by atoms with Gasteiger partial charge in [0.1, 0.15) is 0 Å². The number of nitrogens with two attached hydrogens (primary N) is 1. The van der Waals surface area contributed by atoms with Gasteiger partial charge < -0.3 is 15.2 Å². The first-order chi connectivity index (χ1) is 20.3. The number of aryl methyl sites for hydroxylation is 1. The fraction of sp³-hybridized carbons (Fsp3) is 0.0882. The SMILES string of the molecule is COC(=O)/C=C(C(=O)OC)/C(=C(/N)c1ccc(C)cc1)P(=NC(=O)c1ccccc1)(c1ccccc1)c1ccccc1. The molecule has 4 aromatic rings. The van der Waals surface area contributed by atoms with E-state index in [2.05, 4.69) is 0 Å². The average Bonchev–Trinajstić information content (AvgIpc) is 3.04. The third kappa shape index (κ3) is 6.32. The summed E-state index contributed by atoms with van der Waals surface area (Å²) >= 11 is 0. The van der Waals surface area contributed by atoms with Crippen LogP contribution in [0.4, 0.5) is 0 Å². The van der Waals surface area contributed by atoms with Gasteiger partial charge in [-0.05, 0) is 24.6 Å². The number of rotatable bonds is 8. The Morgan fingerprint density at radius 3 is 1.67 bits per heavy atom. The van der Waals surface area contributed by atoms with Crippen molar-refractivity contribution in [3.05, 3.63) is 149 Å². The van der Waals surface area contributed by atoms with Crippen molar-refractivity contribution in [3.63, 3.8) is 0 Å². The predicted octanol–water partition coefficient (Wildman–Crippen LogP) is 5.59. The van der Waals surface area contributed by atoms with Gasteiger partial charge in [0.25, 0.3) is 5.91 Å². The molecule has 7 nitrogen and oxygen atoms in total. The normalized spacial score (nSPS) is 12.1. The van der Waals surface area contributed by atoms with Crippen LogP contribution < -0.4 is 16.3 Å². The van der Waals surface area contributed by atoms with Gasteiger partial charge in [-0.3, -0.25) is 4.79 Å². The predicted molar refractivity (Wildman–Crippen MR) is 167 cm³/mol. The molecule has 0 aliphatic heterocycles. The Labute approximate surface area is 245 Å². The number of esters is 2. The Hall–Kier alpha value is -5.00. The molecule has 2 N–H and O–H groups in total. The van der Waals surface area contributed by atoms with Gasteiger partial charge >= 0.3 is 11.9 Å². The van der Waals surface area contributed by atoms with E-state index in [1.54, 1.807) is 24.3 Å². The second-order valence-electron chi connectivity index (χ2n) is 9.28. The van der Waals surface area contributed by atoms with Crippen LogP contribution in [0.1, 0.15) is 21.5 Å². The van der Waals surface area contributed by atoms with Gasteiger partial charge in [-0.25, -0.2) is 14.3 Å². The Morgan fingerprint density at radius 2 is 1.19 bits per heavy atom. The number of ether oxygens (including phenoxy) is 2. The zero-order chi connectivity index (χ0) is 30.1. The van der Waals surface area contributed by atoms with Gasteiger partial charge in [-0.1, -0.05) is 109 Å². The largest absolute Gasteiger partial charge is 0.466 e. The highest BCUT2D eigenvalue weighted by molar-refractivity contribution is 7.85. The van der Waals surface area contributed by atoms with Crippen molar-refractivity contribution in [1.82, 2.24) is 0 Å². The molecule has 0 spiro atoms. The van der Waals surface area contributed by atoms with Crippen molar-refractivity contribution in [2.45, 2.75) is 6.92 Å². The van der Waals surface area contributed by atoms with E-state index in [1.807, 2.05) is 97.9 Å². The van der Waals surface area contributed by atoms with Crippen molar-refractivity contribution < 1.29 is 23.9 Å². The van der Waals surface area contributed by atoms with Crippen molar-refractivity contribution >= 4 is 41.2 Å². The fourth-order valence-electron chi connectivity index (χ4n) is 4.51. The lowest BCUT2D eigenvalue weighted by molar-refractivity contribution is -0.138. The minimum absolute atomic E-state index is 0.159. The highest BCUT2D eigenvalue weighted by atomic mass is 31.2. The number of carbonyl (C=O) groups is 3. The van der Waals surface area contributed by atoms with Gasteiger partial charge in [0, 0.05) is 33.3 Å². The third-order valence-electron chi connectivity index (χ3n) is 6.59. The summed E-state index contributed by atoms with van der Waals surface area (Å²) in [7, 11) is -1.08. The van der Waals surface area contributed by atoms with Crippen LogP contribution in [0, 0.1) is 6.92 Å². The molecule has 0 bridgehead atoms. The maximum atomic E-state index is 14.0. The maximum Gasteiger partial charge on any atom is 0.338 e. The van der Waals surface area contributed by atoms with E-state index in [9.17, 15) is 14.4 Å². The zero-order valence-electron chi connectivity index (χ0n) is 23.6. The smallest absolute Gasteiger partial charge is 0.338 e. The minimum Gasteiger partial charge on any atom is -0.466 e. The van der Waals surface area contributed by atoms with Crippen LogP contribution in [0.5, 0.6) is 0 Å². The molecule has 0 radical (unpaired) electrons. The summed E-state index contributed by atoms with van der Waals surface area (Å²) in [5.74, 6) is -2.13. The number of hydrogen-bond donors (Lipinski definition) is 1. The molecule has 0 heterocycles. The first-order valence-electron chi connectivity index (χ1n) is 13.1. The standard InChI is InChI=1S/C34H31N2O5P/c1-24-19-21-25(22-20-24)31(35)32(29(34(39)41-3)23-30(37)40-2)42(27-15-9-5-10-16-27,28-17-11-6-12-18-28)36-33(38)26-13-7-4-8-14-26/h4-23H,35H2,1-3H3/b29-23-,32-31-.